The number of hydrogen-bond donors (Lipinski definition) is 3. The van der Waals surface area contributed by atoms with E-state index in [1.165, 1.54) is 0 Å². The molecular formula is C22H23N5O3. The summed E-state index contributed by atoms with van der Waals surface area (Å²) in [5.74, 6) is 0.802. The second-order valence-electron chi connectivity index (χ2n) is 7.40. The maximum Gasteiger partial charge on any atom is 0.323 e. The lowest BCUT2D eigenvalue weighted by Crippen LogP contribution is -2.44. The summed E-state index contributed by atoms with van der Waals surface area (Å²) in [6.45, 7) is 1.74. The molecule has 30 heavy (non-hydrogen) atoms. The Morgan fingerprint density at radius 3 is 2.17 bits per heavy atom. The van der Waals surface area contributed by atoms with Crippen LogP contribution in [-0.2, 0) is 5.54 Å². The van der Waals surface area contributed by atoms with E-state index in [1.807, 2.05) is 18.2 Å². The molecule has 1 aliphatic rings. The zero-order valence-electron chi connectivity index (χ0n) is 16.6. The molecule has 154 valence electrons. The maximum atomic E-state index is 12.9. The van der Waals surface area contributed by atoms with Gasteiger partial charge in [0.1, 0.15) is 5.54 Å². The molecule has 1 saturated carbocycles. The van der Waals surface area contributed by atoms with Crippen molar-refractivity contribution in [2.24, 2.45) is 0 Å². The van der Waals surface area contributed by atoms with Gasteiger partial charge in [-0.3, -0.25) is 4.79 Å². The van der Waals surface area contributed by atoms with E-state index in [0.29, 0.717) is 28.7 Å². The molecule has 0 atom stereocenters. The topological polar surface area (TPSA) is 109 Å². The lowest BCUT2D eigenvalue weighted by atomic mass is 9.96. The van der Waals surface area contributed by atoms with Crippen LogP contribution in [0.5, 0.6) is 0 Å². The molecule has 0 unspecified atom stereocenters. The first-order valence-electron chi connectivity index (χ1n) is 9.90. The summed E-state index contributed by atoms with van der Waals surface area (Å²) >= 11 is 0. The molecule has 4 rings (SSSR count). The highest BCUT2D eigenvalue weighted by Gasteiger charge is 2.41. The van der Waals surface area contributed by atoms with Gasteiger partial charge in [-0.1, -0.05) is 36.2 Å². The van der Waals surface area contributed by atoms with Crippen molar-refractivity contribution in [3.8, 4) is 0 Å². The van der Waals surface area contributed by atoms with Crippen LogP contribution in [0, 0.1) is 6.92 Å². The first-order valence-corrected chi connectivity index (χ1v) is 9.90. The molecule has 0 radical (unpaired) electrons. The van der Waals surface area contributed by atoms with Crippen molar-refractivity contribution in [1.82, 2.24) is 15.5 Å². The number of aryl methyl sites for hydroxylation is 1. The van der Waals surface area contributed by atoms with Gasteiger partial charge in [-0.2, -0.15) is 4.98 Å². The second-order valence-corrected chi connectivity index (χ2v) is 7.40. The highest BCUT2D eigenvalue weighted by molar-refractivity contribution is 6.00. The van der Waals surface area contributed by atoms with Gasteiger partial charge in [0, 0.05) is 23.9 Å². The van der Waals surface area contributed by atoms with E-state index >= 15 is 0 Å². The number of nitrogens with zero attached hydrogens (tertiary/aromatic N) is 2. The molecule has 0 spiro atoms. The van der Waals surface area contributed by atoms with E-state index in [-0.39, 0.29) is 11.9 Å². The molecule has 8 nitrogen and oxygen atoms in total. The molecule has 0 aliphatic heterocycles. The Balaban J connectivity index is 1.41. The van der Waals surface area contributed by atoms with Gasteiger partial charge in [0.2, 0.25) is 5.89 Å². The predicted octanol–water partition coefficient (Wildman–Crippen LogP) is 4.22. The van der Waals surface area contributed by atoms with Crippen molar-refractivity contribution < 1.29 is 14.1 Å². The van der Waals surface area contributed by atoms with E-state index < -0.39 is 5.54 Å². The van der Waals surface area contributed by atoms with E-state index in [4.69, 9.17) is 4.52 Å². The van der Waals surface area contributed by atoms with Crippen molar-refractivity contribution in [1.29, 1.82) is 0 Å². The summed E-state index contributed by atoms with van der Waals surface area (Å²) in [5, 5.41) is 12.7. The summed E-state index contributed by atoms with van der Waals surface area (Å²) in [5.41, 5.74) is 1.19. The molecule has 1 aromatic heterocycles. The Bertz CT molecular complexity index is 1020. The number of para-hydroxylation sites is 1. The zero-order chi connectivity index (χ0) is 21.0. The highest BCUT2D eigenvalue weighted by atomic mass is 16.5. The summed E-state index contributed by atoms with van der Waals surface area (Å²) in [6, 6.07) is 15.6. The van der Waals surface area contributed by atoms with Crippen LogP contribution in [0.3, 0.4) is 0 Å². The zero-order valence-corrected chi connectivity index (χ0v) is 16.6. The van der Waals surface area contributed by atoms with Crippen molar-refractivity contribution in [2.75, 3.05) is 10.6 Å². The smallest absolute Gasteiger partial charge is 0.323 e. The number of benzene rings is 2. The Kier molecular flexibility index (Phi) is 5.47. The molecule has 1 fully saturated rings. The van der Waals surface area contributed by atoms with E-state index in [1.54, 1.807) is 43.3 Å². The number of aromatic nitrogens is 2. The number of rotatable bonds is 5. The molecule has 0 saturated heterocycles. The first kappa shape index (κ1) is 19.6. The molecular weight excluding hydrogens is 382 g/mol. The van der Waals surface area contributed by atoms with Gasteiger partial charge < -0.3 is 20.5 Å². The Labute approximate surface area is 174 Å². The van der Waals surface area contributed by atoms with Gasteiger partial charge in [0.25, 0.3) is 5.91 Å². The fraction of sp³-hybridized carbons (Fsp3) is 0.273. The van der Waals surface area contributed by atoms with Crippen LogP contribution in [0.4, 0.5) is 16.2 Å². The number of urea groups is 1. The van der Waals surface area contributed by atoms with Crippen LogP contribution in [0.25, 0.3) is 0 Å². The third kappa shape index (κ3) is 4.32. The van der Waals surface area contributed by atoms with E-state index in [0.717, 1.165) is 25.7 Å². The van der Waals surface area contributed by atoms with Gasteiger partial charge in [-0.25, -0.2) is 4.79 Å². The van der Waals surface area contributed by atoms with Crippen LogP contribution in [0.2, 0.25) is 0 Å². The predicted molar refractivity (Wildman–Crippen MR) is 112 cm³/mol. The monoisotopic (exact) mass is 405 g/mol. The minimum Gasteiger partial charge on any atom is -0.340 e. The number of amides is 3. The SMILES string of the molecule is Cc1nc(C2(NC(=O)c3ccc(NC(=O)Nc4ccccc4)cc3)CCCC2)no1. The second kappa shape index (κ2) is 8.36. The maximum absolute atomic E-state index is 12.9. The van der Waals surface area contributed by atoms with Gasteiger partial charge in [-0.15, -0.1) is 0 Å². The van der Waals surface area contributed by atoms with Crippen molar-refractivity contribution in [2.45, 2.75) is 38.1 Å². The highest BCUT2D eigenvalue weighted by Crippen LogP contribution is 2.37. The van der Waals surface area contributed by atoms with Gasteiger partial charge in [0.05, 0.1) is 0 Å². The van der Waals surface area contributed by atoms with Crippen LogP contribution >= 0.6 is 0 Å². The molecule has 3 N–H and O–H groups in total. The van der Waals surface area contributed by atoms with Gasteiger partial charge in [-0.05, 0) is 49.2 Å². The van der Waals surface area contributed by atoms with Crippen LogP contribution < -0.4 is 16.0 Å². The third-order valence-corrected chi connectivity index (χ3v) is 5.20. The summed E-state index contributed by atoms with van der Waals surface area (Å²) < 4.78 is 5.13. The van der Waals surface area contributed by atoms with E-state index in [2.05, 4.69) is 26.1 Å². The lowest BCUT2D eigenvalue weighted by molar-refractivity contribution is 0.0892. The molecule has 2 aromatic carbocycles. The van der Waals surface area contributed by atoms with E-state index in [9.17, 15) is 9.59 Å². The van der Waals surface area contributed by atoms with Crippen molar-refractivity contribution in [3.05, 3.63) is 71.9 Å². The Morgan fingerprint density at radius 1 is 0.933 bits per heavy atom. The fourth-order valence-electron chi connectivity index (χ4n) is 3.69. The molecule has 3 aromatic rings. The minimum atomic E-state index is -0.596. The number of carbonyl (C=O) groups is 2. The Hall–Kier alpha value is -3.68. The standard InChI is InChI=1S/C22H23N5O3/c1-15-23-20(27-30-15)22(13-5-6-14-22)26-19(28)16-9-11-18(12-10-16)25-21(29)24-17-7-3-2-4-8-17/h2-4,7-12H,5-6,13-14H2,1H3,(H,26,28)(H2,24,25,29). The number of nitrogens with one attached hydrogen (secondary N) is 3. The molecule has 8 heteroatoms. The lowest BCUT2D eigenvalue weighted by Gasteiger charge is -2.26. The minimum absolute atomic E-state index is 0.209. The average Bonchev–Trinajstić information content (AvgIpc) is 3.39. The van der Waals surface area contributed by atoms with Crippen LogP contribution in [-0.4, -0.2) is 22.1 Å². The molecule has 3 amide bonds. The average molecular weight is 405 g/mol. The summed E-state index contributed by atoms with van der Waals surface area (Å²) in [7, 11) is 0. The molecule has 1 aliphatic carbocycles. The van der Waals surface area contributed by atoms with Gasteiger partial charge in [0.15, 0.2) is 5.82 Å². The number of hydrogen-bond acceptors (Lipinski definition) is 5. The quantitative estimate of drug-likeness (QED) is 0.589. The number of anilines is 2. The largest absolute Gasteiger partial charge is 0.340 e. The van der Waals surface area contributed by atoms with Crippen LogP contribution in [0.1, 0.15) is 47.8 Å². The first-order chi connectivity index (χ1) is 14.5. The molecule has 1 heterocycles. The van der Waals surface area contributed by atoms with Crippen molar-refractivity contribution >= 4 is 23.3 Å². The normalized spacial score (nSPS) is 14.8. The fourth-order valence-corrected chi connectivity index (χ4v) is 3.69. The number of carbonyl (C=O) groups excluding carboxylic acids is 2. The van der Waals surface area contributed by atoms with Gasteiger partial charge >= 0.3 is 6.03 Å². The van der Waals surface area contributed by atoms with Crippen LogP contribution in [0.15, 0.2) is 59.1 Å². The van der Waals surface area contributed by atoms with Crippen molar-refractivity contribution in [3.63, 3.8) is 0 Å². The third-order valence-electron chi connectivity index (χ3n) is 5.20. The summed E-state index contributed by atoms with van der Waals surface area (Å²) in [4.78, 5) is 29.3. The summed E-state index contributed by atoms with van der Waals surface area (Å²) in [6.07, 6.45) is 3.54. The Morgan fingerprint density at radius 2 is 1.57 bits per heavy atom. The molecule has 0 bridgehead atoms.